The monoisotopic (exact) mass is 748 g/mol. The minimum Gasteiger partial charge on any atom is -0.482 e. The Labute approximate surface area is 320 Å². The molecular weight excluding hydrogens is 723 g/mol. The summed E-state index contributed by atoms with van der Waals surface area (Å²) in [7, 11) is 0. The molecule has 4 heterocycles. The number of aromatic nitrogens is 2. The molecule has 10 nitrogen and oxygen atoms in total. The van der Waals surface area contributed by atoms with Gasteiger partial charge in [-0.25, -0.2) is 0 Å². The van der Waals surface area contributed by atoms with Gasteiger partial charge in [0.1, 0.15) is 23.6 Å². The van der Waals surface area contributed by atoms with Crippen molar-refractivity contribution in [3.8, 4) is 57.0 Å². The molecule has 2 aliphatic heterocycles. The van der Waals surface area contributed by atoms with Crippen LogP contribution in [0.4, 0.5) is 11.4 Å². The second-order valence-corrected chi connectivity index (χ2v) is 13.4. The zero-order valence-corrected chi connectivity index (χ0v) is 29.8. The van der Waals surface area contributed by atoms with Crippen molar-refractivity contribution in [2.24, 2.45) is 0 Å². The summed E-state index contributed by atoms with van der Waals surface area (Å²) < 4.78 is 11.7. The van der Waals surface area contributed by atoms with E-state index in [1.807, 2.05) is 72.8 Å². The highest BCUT2D eigenvalue weighted by Crippen LogP contribution is 2.45. The summed E-state index contributed by atoms with van der Waals surface area (Å²) in [6, 6.07) is 30.2. The molecule has 8 rings (SSSR count). The number of nitrogens with zero attached hydrogens (tertiary/aromatic N) is 6. The molecule has 2 aromatic heterocycles. The van der Waals surface area contributed by atoms with E-state index in [9.17, 15) is 20.1 Å². The summed E-state index contributed by atoms with van der Waals surface area (Å²) in [6.45, 7) is 0.219. The predicted molar refractivity (Wildman–Crippen MR) is 204 cm³/mol. The smallest absolute Gasteiger partial charge is 0.265 e. The molecule has 2 aliphatic rings. The average Bonchev–Trinajstić information content (AvgIpc) is 3.20. The van der Waals surface area contributed by atoms with Gasteiger partial charge in [-0.05, 0) is 58.7 Å². The fourth-order valence-electron chi connectivity index (χ4n) is 6.65. The molecule has 0 bridgehead atoms. The lowest BCUT2D eigenvalue weighted by Crippen LogP contribution is -2.38. The number of carbonyl (C=O) groups excluding carboxylic acids is 2. The summed E-state index contributed by atoms with van der Waals surface area (Å²) in [4.78, 5) is 37.3. The lowest BCUT2D eigenvalue weighted by atomic mass is 9.95. The summed E-state index contributed by atoms with van der Waals surface area (Å²) in [5, 5.41) is 19.5. The minimum atomic E-state index is -0.205. The Kier molecular flexibility index (Phi) is 9.14. The molecule has 6 aromatic rings. The van der Waals surface area contributed by atoms with E-state index in [0.29, 0.717) is 44.0 Å². The van der Waals surface area contributed by atoms with E-state index in [0.717, 1.165) is 44.5 Å². The standard InChI is InChI=1S/C42H26Cl2N6O4/c43-41-31(29-7-9-35-37(13-29)53-23-39(51)49(35)21-27-11-25(15-45)17-47-19-27)3-1-5-33(41)34-6-2-4-32(42(34)44)30-8-10-36-38(14-30)54-24-40(52)50(36)22-28-12-26(16-46)18-48-20-28/h1-14,17-20H,21-24H2. The number of carbonyl (C=O) groups is 2. The third-order valence-corrected chi connectivity index (χ3v) is 10.1. The number of nitriles is 2. The van der Waals surface area contributed by atoms with Crippen molar-refractivity contribution < 1.29 is 19.1 Å². The van der Waals surface area contributed by atoms with E-state index in [1.54, 1.807) is 34.3 Å². The molecule has 0 atom stereocenters. The molecule has 0 saturated heterocycles. The number of halogens is 2. The van der Waals surface area contributed by atoms with Crippen LogP contribution >= 0.6 is 23.2 Å². The van der Waals surface area contributed by atoms with E-state index in [-0.39, 0.29) is 38.1 Å². The van der Waals surface area contributed by atoms with Crippen LogP contribution in [-0.2, 0) is 22.7 Å². The minimum absolute atomic E-state index is 0.131. The van der Waals surface area contributed by atoms with Crippen molar-refractivity contribution in [1.29, 1.82) is 10.5 Å². The van der Waals surface area contributed by atoms with E-state index >= 15 is 0 Å². The van der Waals surface area contributed by atoms with Crippen LogP contribution in [0.15, 0.2) is 110 Å². The molecule has 0 radical (unpaired) electrons. The molecule has 4 aromatic carbocycles. The van der Waals surface area contributed by atoms with Crippen LogP contribution in [0.25, 0.3) is 33.4 Å². The third-order valence-electron chi connectivity index (χ3n) is 9.24. The Morgan fingerprint density at radius 2 is 1.02 bits per heavy atom. The Bertz CT molecular complexity index is 2420. The van der Waals surface area contributed by atoms with Gasteiger partial charge in [0.2, 0.25) is 0 Å². The van der Waals surface area contributed by atoms with Crippen LogP contribution < -0.4 is 19.3 Å². The van der Waals surface area contributed by atoms with Gasteiger partial charge in [-0.3, -0.25) is 19.6 Å². The van der Waals surface area contributed by atoms with Gasteiger partial charge in [0.25, 0.3) is 11.8 Å². The average molecular weight is 750 g/mol. The maximum absolute atomic E-state index is 12.9. The Morgan fingerprint density at radius 3 is 1.44 bits per heavy atom. The lowest BCUT2D eigenvalue weighted by Gasteiger charge is -2.30. The van der Waals surface area contributed by atoms with Gasteiger partial charge < -0.3 is 19.3 Å². The number of fused-ring (bicyclic) bond motifs is 2. The van der Waals surface area contributed by atoms with Gasteiger partial charge in [-0.1, -0.05) is 71.7 Å². The van der Waals surface area contributed by atoms with Gasteiger partial charge in [-0.15, -0.1) is 0 Å². The van der Waals surface area contributed by atoms with Gasteiger partial charge in [0.05, 0.1) is 45.6 Å². The highest BCUT2D eigenvalue weighted by Gasteiger charge is 2.28. The molecule has 262 valence electrons. The van der Waals surface area contributed by atoms with Gasteiger partial charge >= 0.3 is 0 Å². The van der Waals surface area contributed by atoms with Crippen molar-refractivity contribution in [2.75, 3.05) is 23.0 Å². The number of anilines is 2. The predicted octanol–water partition coefficient (Wildman–Crippen LogP) is 8.38. The zero-order valence-electron chi connectivity index (χ0n) is 28.3. The van der Waals surface area contributed by atoms with Gasteiger partial charge in [0.15, 0.2) is 13.2 Å². The molecule has 12 heteroatoms. The molecule has 0 fully saturated rings. The van der Waals surface area contributed by atoms with Gasteiger partial charge in [0, 0.05) is 47.0 Å². The summed E-state index contributed by atoms with van der Waals surface area (Å²) >= 11 is 14.3. The number of rotatable bonds is 7. The Hall–Kier alpha value is -6.72. The van der Waals surface area contributed by atoms with E-state index in [1.165, 1.54) is 12.4 Å². The number of ether oxygens (including phenoxy) is 2. The number of amides is 2. The molecule has 0 aliphatic carbocycles. The van der Waals surface area contributed by atoms with Crippen LogP contribution in [0.5, 0.6) is 11.5 Å². The quantitative estimate of drug-likeness (QED) is 0.159. The second kappa shape index (κ2) is 14.4. The zero-order chi connectivity index (χ0) is 37.3. The first kappa shape index (κ1) is 34.4. The van der Waals surface area contributed by atoms with Crippen molar-refractivity contribution in [1.82, 2.24) is 9.97 Å². The van der Waals surface area contributed by atoms with Gasteiger partial charge in [-0.2, -0.15) is 10.5 Å². The second-order valence-electron chi connectivity index (χ2n) is 12.6. The molecule has 0 saturated carbocycles. The normalized spacial score (nSPS) is 13.3. The number of hydrogen-bond acceptors (Lipinski definition) is 8. The first-order valence-electron chi connectivity index (χ1n) is 16.7. The third kappa shape index (κ3) is 6.45. The van der Waals surface area contributed by atoms with Crippen LogP contribution in [0.3, 0.4) is 0 Å². The summed E-state index contributed by atoms with van der Waals surface area (Å²) in [6.07, 6.45) is 6.23. The Balaban J connectivity index is 1.09. The highest BCUT2D eigenvalue weighted by molar-refractivity contribution is 6.39. The van der Waals surface area contributed by atoms with Crippen molar-refractivity contribution in [2.45, 2.75) is 13.1 Å². The fourth-order valence-corrected chi connectivity index (χ4v) is 7.33. The molecule has 0 N–H and O–H groups in total. The number of benzene rings is 4. The maximum atomic E-state index is 12.9. The molecule has 0 spiro atoms. The van der Waals surface area contributed by atoms with Crippen molar-refractivity contribution in [3.05, 3.63) is 142 Å². The summed E-state index contributed by atoms with van der Waals surface area (Å²) in [5.41, 5.74) is 8.02. The van der Waals surface area contributed by atoms with Crippen molar-refractivity contribution >= 4 is 46.4 Å². The van der Waals surface area contributed by atoms with Crippen LogP contribution in [0.1, 0.15) is 22.3 Å². The first-order chi connectivity index (χ1) is 26.3. The highest BCUT2D eigenvalue weighted by atomic mass is 35.5. The molecule has 2 amide bonds. The van der Waals surface area contributed by atoms with Crippen LogP contribution in [-0.4, -0.2) is 35.0 Å². The fraction of sp³-hybridized carbons (Fsp3) is 0.0952. The van der Waals surface area contributed by atoms with E-state index < -0.39 is 0 Å². The Morgan fingerprint density at radius 1 is 0.593 bits per heavy atom. The topological polar surface area (TPSA) is 132 Å². The summed E-state index contributed by atoms with van der Waals surface area (Å²) in [5.74, 6) is 0.645. The van der Waals surface area contributed by atoms with Crippen molar-refractivity contribution in [3.63, 3.8) is 0 Å². The lowest BCUT2D eigenvalue weighted by molar-refractivity contribution is -0.122. The van der Waals surface area contributed by atoms with Crippen LogP contribution in [0, 0.1) is 22.7 Å². The number of pyridine rings is 2. The molecule has 54 heavy (non-hydrogen) atoms. The largest absolute Gasteiger partial charge is 0.482 e. The van der Waals surface area contributed by atoms with E-state index in [4.69, 9.17) is 32.7 Å². The number of hydrogen-bond donors (Lipinski definition) is 0. The molecule has 0 unspecified atom stereocenters. The van der Waals surface area contributed by atoms with E-state index in [2.05, 4.69) is 22.1 Å². The molecular formula is C42H26Cl2N6O4. The van der Waals surface area contributed by atoms with Crippen LogP contribution in [0.2, 0.25) is 10.0 Å². The maximum Gasteiger partial charge on any atom is 0.265 e. The SMILES string of the molecule is N#Cc1cncc(CN2C(=O)COc3cc(-c4cccc(-c5cccc(-c6ccc7c(c6)OCC(=O)N7Cc6cncc(C#N)c6)c5Cl)c4Cl)ccc32)c1. The first-order valence-corrected chi connectivity index (χ1v) is 17.5.